The van der Waals surface area contributed by atoms with E-state index < -0.39 is 15.9 Å². The predicted octanol–water partition coefficient (Wildman–Crippen LogP) is 1.22. The third-order valence-electron chi connectivity index (χ3n) is 3.37. The minimum Gasteiger partial charge on any atom is -0.391 e. The second kappa shape index (κ2) is 5.83. The SMILES string of the molecule is CNC(C)c1ccc(SC2CS(=O)(=O)CC2O)cc1. The zero-order valence-corrected chi connectivity index (χ0v) is 12.7. The third kappa shape index (κ3) is 3.72. The van der Waals surface area contributed by atoms with Gasteiger partial charge in [-0.25, -0.2) is 8.42 Å². The minimum absolute atomic E-state index is 0.0630. The molecule has 19 heavy (non-hydrogen) atoms. The van der Waals surface area contributed by atoms with Crippen LogP contribution in [0.3, 0.4) is 0 Å². The van der Waals surface area contributed by atoms with Crippen molar-refractivity contribution >= 4 is 21.6 Å². The van der Waals surface area contributed by atoms with Crippen LogP contribution in [0.2, 0.25) is 0 Å². The van der Waals surface area contributed by atoms with Crippen LogP contribution in [0, 0.1) is 0 Å². The molecule has 0 aromatic heterocycles. The van der Waals surface area contributed by atoms with Gasteiger partial charge >= 0.3 is 0 Å². The van der Waals surface area contributed by atoms with Gasteiger partial charge in [-0.2, -0.15) is 0 Å². The number of hydrogen-bond acceptors (Lipinski definition) is 5. The van der Waals surface area contributed by atoms with Crippen molar-refractivity contribution in [1.82, 2.24) is 5.32 Å². The number of nitrogens with one attached hydrogen (secondary N) is 1. The summed E-state index contributed by atoms with van der Waals surface area (Å²) in [6.07, 6.45) is -0.758. The van der Waals surface area contributed by atoms with E-state index in [1.54, 1.807) is 0 Å². The van der Waals surface area contributed by atoms with Crippen LogP contribution >= 0.6 is 11.8 Å². The molecule has 6 heteroatoms. The van der Waals surface area contributed by atoms with Crippen molar-refractivity contribution in [2.45, 2.75) is 29.2 Å². The van der Waals surface area contributed by atoms with E-state index in [2.05, 4.69) is 12.2 Å². The molecule has 3 atom stereocenters. The first-order chi connectivity index (χ1) is 8.91. The fraction of sp³-hybridized carbons (Fsp3) is 0.538. The first-order valence-corrected chi connectivity index (χ1v) is 8.94. The molecule has 0 radical (unpaired) electrons. The summed E-state index contributed by atoms with van der Waals surface area (Å²) >= 11 is 1.44. The molecule has 0 amide bonds. The van der Waals surface area contributed by atoms with E-state index in [1.165, 1.54) is 17.3 Å². The molecule has 1 aromatic rings. The molecule has 2 rings (SSSR count). The number of rotatable bonds is 4. The second-order valence-electron chi connectivity index (χ2n) is 4.88. The lowest BCUT2D eigenvalue weighted by atomic mass is 10.1. The van der Waals surface area contributed by atoms with Crippen molar-refractivity contribution in [3.8, 4) is 0 Å². The summed E-state index contributed by atoms with van der Waals surface area (Å²) in [5.74, 6) is -0.0486. The van der Waals surface area contributed by atoms with E-state index in [-0.39, 0.29) is 22.8 Å². The molecule has 1 aliphatic rings. The van der Waals surface area contributed by atoms with Gasteiger partial charge in [-0.1, -0.05) is 12.1 Å². The molecule has 1 aliphatic heterocycles. The van der Waals surface area contributed by atoms with Crippen LogP contribution in [0.1, 0.15) is 18.5 Å². The van der Waals surface area contributed by atoms with Crippen LogP contribution in [0.4, 0.5) is 0 Å². The molecule has 0 spiro atoms. The van der Waals surface area contributed by atoms with Crippen molar-refractivity contribution in [1.29, 1.82) is 0 Å². The number of aliphatic hydroxyl groups is 1. The van der Waals surface area contributed by atoms with Crippen molar-refractivity contribution in [2.75, 3.05) is 18.6 Å². The van der Waals surface area contributed by atoms with Gasteiger partial charge in [0.25, 0.3) is 0 Å². The first-order valence-electron chi connectivity index (χ1n) is 6.23. The maximum atomic E-state index is 11.4. The Morgan fingerprint density at radius 3 is 2.42 bits per heavy atom. The summed E-state index contributed by atoms with van der Waals surface area (Å²) in [7, 11) is -1.16. The van der Waals surface area contributed by atoms with E-state index >= 15 is 0 Å². The zero-order chi connectivity index (χ0) is 14.0. The lowest BCUT2D eigenvalue weighted by Gasteiger charge is -2.14. The fourth-order valence-corrected chi connectivity index (χ4v) is 5.61. The Bertz CT molecular complexity index is 527. The van der Waals surface area contributed by atoms with Crippen LogP contribution in [0.25, 0.3) is 0 Å². The molecule has 0 bridgehead atoms. The standard InChI is InChI=1S/C13H19NO3S2/c1-9(14-2)10-3-5-11(6-4-10)18-13-8-19(16,17)7-12(13)15/h3-6,9,12-15H,7-8H2,1-2H3. The molecule has 1 heterocycles. The van der Waals surface area contributed by atoms with E-state index in [0.717, 1.165) is 4.90 Å². The molecule has 0 saturated carbocycles. The van der Waals surface area contributed by atoms with Gasteiger partial charge in [0.15, 0.2) is 9.84 Å². The highest BCUT2D eigenvalue weighted by atomic mass is 32.2. The fourth-order valence-electron chi connectivity index (χ4n) is 2.09. The van der Waals surface area contributed by atoms with Gasteiger partial charge in [-0.3, -0.25) is 0 Å². The van der Waals surface area contributed by atoms with Crippen molar-refractivity contribution < 1.29 is 13.5 Å². The normalized spacial score (nSPS) is 27.3. The van der Waals surface area contributed by atoms with Gasteiger partial charge in [0, 0.05) is 10.9 Å². The van der Waals surface area contributed by atoms with Crippen molar-refractivity contribution in [3.05, 3.63) is 29.8 Å². The maximum Gasteiger partial charge on any atom is 0.154 e. The molecule has 2 N–H and O–H groups in total. The average molecular weight is 301 g/mol. The number of sulfone groups is 1. The maximum absolute atomic E-state index is 11.4. The molecule has 1 fully saturated rings. The summed E-state index contributed by atoms with van der Waals surface area (Å²) in [6.45, 7) is 2.08. The molecule has 1 saturated heterocycles. The summed E-state index contributed by atoms with van der Waals surface area (Å²) in [5.41, 5.74) is 1.19. The Labute approximate surface area is 118 Å². The first kappa shape index (κ1) is 14.8. The highest BCUT2D eigenvalue weighted by Crippen LogP contribution is 2.31. The highest BCUT2D eigenvalue weighted by Gasteiger charge is 2.36. The van der Waals surface area contributed by atoms with Gasteiger partial charge in [-0.15, -0.1) is 11.8 Å². The molecule has 4 nitrogen and oxygen atoms in total. The van der Waals surface area contributed by atoms with Crippen LogP contribution in [-0.2, 0) is 9.84 Å². The molecule has 3 unspecified atom stereocenters. The Balaban J connectivity index is 2.04. The minimum atomic E-state index is -3.07. The van der Waals surface area contributed by atoms with E-state index in [1.807, 2.05) is 31.3 Å². The topological polar surface area (TPSA) is 66.4 Å². The Hall–Kier alpha value is -0.560. The van der Waals surface area contributed by atoms with Crippen LogP contribution in [0.5, 0.6) is 0 Å². The summed E-state index contributed by atoms with van der Waals surface area (Å²) in [4.78, 5) is 0.994. The van der Waals surface area contributed by atoms with E-state index in [9.17, 15) is 13.5 Å². The molecule has 1 aromatic carbocycles. The monoisotopic (exact) mass is 301 g/mol. The molecule has 0 aliphatic carbocycles. The van der Waals surface area contributed by atoms with Gasteiger partial charge < -0.3 is 10.4 Å². The summed E-state index contributed by atoms with van der Waals surface area (Å²) in [5, 5.41) is 12.7. The van der Waals surface area contributed by atoms with Gasteiger partial charge in [-0.05, 0) is 31.7 Å². The smallest absolute Gasteiger partial charge is 0.154 e. The summed E-state index contributed by atoms with van der Waals surface area (Å²) in [6, 6.07) is 8.30. The Kier molecular flexibility index (Phi) is 4.55. The second-order valence-corrected chi connectivity index (χ2v) is 8.35. The van der Waals surface area contributed by atoms with E-state index in [0.29, 0.717) is 0 Å². The van der Waals surface area contributed by atoms with Crippen LogP contribution < -0.4 is 5.32 Å². The molecular formula is C13H19NO3S2. The molecule has 106 valence electrons. The zero-order valence-electron chi connectivity index (χ0n) is 11.0. The largest absolute Gasteiger partial charge is 0.391 e. The molecular weight excluding hydrogens is 282 g/mol. The summed E-state index contributed by atoms with van der Waals surface area (Å²) < 4.78 is 22.9. The average Bonchev–Trinajstić information content (AvgIpc) is 2.62. The predicted molar refractivity (Wildman–Crippen MR) is 78.2 cm³/mol. The van der Waals surface area contributed by atoms with E-state index in [4.69, 9.17) is 0 Å². The van der Waals surface area contributed by atoms with Crippen LogP contribution in [-0.4, -0.2) is 43.4 Å². The third-order valence-corrected chi connectivity index (χ3v) is 6.63. The van der Waals surface area contributed by atoms with Crippen molar-refractivity contribution in [2.24, 2.45) is 0 Å². The lowest BCUT2D eigenvalue weighted by molar-refractivity contribution is 0.207. The number of aliphatic hydroxyl groups excluding tert-OH is 1. The van der Waals surface area contributed by atoms with Gasteiger partial charge in [0.05, 0.1) is 22.9 Å². The van der Waals surface area contributed by atoms with Crippen molar-refractivity contribution in [3.63, 3.8) is 0 Å². The lowest BCUT2D eigenvalue weighted by Crippen LogP contribution is -2.19. The Morgan fingerprint density at radius 2 is 1.95 bits per heavy atom. The Morgan fingerprint density at radius 1 is 1.32 bits per heavy atom. The van der Waals surface area contributed by atoms with Crippen LogP contribution in [0.15, 0.2) is 29.2 Å². The number of thioether (sulfide) groups is 1. The van der Waals surface area contributed by atoms with Gasteiger partial charge in [0.2, 0.25) is 0 Å². The quantitative estimate of drug-likeness (QED) is 0.875. The number of hydrogen-bond donors (Lipinski definition) is 2. The number of benzene rings is 1. The highest BCUT2D eigenvalue weighted by molar-refractivity contribution is 8.02. The van der Waals surface area contributed by atoms with Gasteiger partial charge in [0.1, 0.15) is 0 Å².